The third-order valence-corrected chi connectivity index (χ3v) is 3.77. The lowest BCUT2D eigenvalue weighted by Gasteiger charge is -2.20. The van der Waals surface area contributed by atoms with Crippen LogP contribution in [0.15, 0.2) is 16.6 Å². The monoisotopic (exact) mass is 327 g/mol. The minimum absolute atomic E-state index is 0.00696. The summed E-state index contributed by atoms with van der Waals surface area (Å²) in [5.74, 6) is 1.35. The molecule has 0 spiro atoms. The highest BCUT2D eigenvalue weighted by Crippen LogP contribution is 2.35. The lowest BCUT2D eigenvalue weighted by molar-refractivity contribution is 0.0771. The zero-order chi connectivity index (χ0) is 13.8. The van der Waals surface area contributed by atoms with Crippen LogP contribution in [0, 0.1) is 0 Å². The molecule has 0 N–H and O–H groups in total. The van der Waals surface area contributed by atoms with E-state index in [-0.39, 0.29) is 5.91 Å². The second kappa shape index (κ2) is 6.28. The number of carbonyl (C=O) groups excluding carboxylic acids is 1. The van der Waals surface area contributed by atoms with Crippen molar-refractivity contribution < 1.29 is 14.3 Å². The molecular weight excluding hydrogens is 310 g/mol. The molecule has 1 heterocycles. The molecule has 1 amide bonds. The number of halogens is 1. The predicted molar refractivity (Wildman–Crippen MR) is 77.0 cm³/mol. The summed E-state index contributed by atoms with van der Waals surface area (Å²) in [7, 11) is 0. The summed E-state index contributed by atoms with van der Waals surface area (Å²) >= 11 is 3.45. The van der Waals surface area contributed by atoms with E-state index >= 15 is 0 Å². The zero-order valence-electron chi connectivity index (χ0n) is 11.2. The van der Waals surface area contributed by atoms with Crippen LogP contribution in [-0.4, -0.2) is 37.1 Å². The molecule has 0 saturated heterocycles. The van der Waals surface area contributed by atoms with Crippen LogP contribution in [0.4, 0.5) is 0 Å². The molecule has 5 heteroatoms. The normalized spacial score (nSPS) is 13.8. The zero-order valence-corrected chi connectivity index (χ0v) is 12.8. The van der Waals surface area contributed by atoms with E-state index in [9.17, 15) is 4.79 Å². The van der Waals surface area contributed by atoms with E-state index in [1.54, 1.807) is 11.0 Å². The summed E-state index contributed by atoms with van der Waals surface area (Å²) < 4.78 is 12.0. The molecule has 0 unspecified atom stereocenters. The number of nitrogens with zero attached hydrogens (tertiary/aromatic N) is 1. The fourth-order valence-electron chi connectivity index (χ4n) is 2.03. The van der Waals surface area contributed by atoms with E-state index in [1.807, 2.05) is 19.9 Å². The molecule has 19 heavy (non-hydrogen) atoms. The van der Waals surface area contributed by atoms with Crippen LogP contribution in [0.5, 0.6) is 11.5 Å². The van der Waals surface area contributed by atoms with Crippen molar-refractivity contribution in [2.24, 2.45) is 0 Å². The maximum Gasteiger partial charge on any atom is 0.255 e. The number of rotatable bonds is 3. The Morgan fingerprint density at radius 2 is 1.79 bits per heavy atom. The highest BCUT2D eigenvalue weighted by atomic mass is 79.9. The molecule has 0 fully saturated rings. The van der Waals surface area contributed by atoms with Gasteiger partial charge in [-0.15, -0.1) is 0 Å². The van der Waals surface area contributed by atoms with Gasteiger partial charge in [0.1, 0.15) is 0 Å². The van der Waals surface area contributed by atoms with Gasteiger partial charge in [-0.05, 0) is 41.9 Å². The van der Waals surface area contributed by atoms with Gasteiger partial charge >= 0.3 is 0 Å². The van der Waals surface area contributed by atoms with E-state index in [4.69, 9.17) is 9.47 Å². The molecule has 104 valence electrons. The number of fused-ring (bicyclic) bond motifs is 1. The topological polar surface area (TPSA) is 38.8 Å². The first-order valence-corrected chi connectivity index (χ1v) is 7.35. The minimum atomic E-state index is 0.00696. The van der Waals surface area contributed by atoms with Crippen molar-refractivity contribution in [1.29, 1.82) is 0 Å². The first-order chi connectivity index (χ1) is 9.17. The number of amides is 1. The van der Waals surface area contributed by atoms with Gasteiger partial charge in [0.2, 0.25) is 0 Å². The summed E-state index contributed by atoms with van der Waals surface area (Å²) in [5, 5.41) is 0. The lowest BCUT2D eigenvalue weighted by atomic mass is 10.1. The average molecular weight is 328 g/mol. The Balaban J connectivity index is 2.36. The third-order valence-electron chi connectivity index (χ3n) is 3.12. The minimum Gasteiger partial charge on any atom is -0.490 e. The quantitative estimate of drug-likeness (QED) is 0.856. The molecule has 2 rings (SSSR count). The molecule has 0 aromatic heterocycles. The number of carbonyl (C=O) groups is 1. The van der Waals surface area contributed by atoms with E-state index in [0.29, 0.717) is 43.4 Å². The van der Waals surface area contributed by atoms with Crippen molar-refractivity contribution >= 4 is 21.8 Å². The van der Waals surface area contributed by atoms with Crippen LogP contribution in [0.1, 0.15) is 30.6 Å². The van der Waals surface area contributed by atoms with E-state index < -0.39 is 0 Å². The SMILES string of the molecule is CCN(CC)C(=O)c1cc2c(cc1Br)OCCCO2. The fraction of sp³-hybridized carbons (Fsp3) is 0.500. The first kappa shape index (κ1) is 14.2. The van der Waals surface area contributed by atoms with Gasteiger partial charge in [0, 0.05) is 24.0 Å². The van der Waals surface area contributed by atoms with E-state index in [1.165, 1.54) is 0 Å². The highest BCUT2D eigenvalue weighted by Gasteiger charge is 2.20. The maximum atomic E-state index is 12.4. The van der Waals surface area contributed by atoms with Crippen molar-refractivity contribution in [3.8, 4) is 11.5 Å². The van der Waals surface area contributed by atoms with Gasteiger partial charge in [-0.2, -0.15) is 0 Å². The average Bonchev–Trinajstić information content (AvgIpc) is 2.63. The highest BCUT2D eigenvalue weighted by molar-refractivity contribution is 9.10. The summed E-state index contributed by atoms with van der Waals surface area (Å²) in [6.07, 6.45) is 0.853. The maximum absolute atomic E-state index is 12.4. The molecule has 0 radical (unpaired) electrons. The molecule has 1 aliphatic heterocycles. The van der Waals surface area contributed by atoms with E-state index in [2.05, 4.69) is 15.9 Å². The second-order valence-corrected chi connectivity index (χ2v) is 5.16. The Bertz CT molecular complexity index is 472. The van der Waals surface area contributed by atoms with Crippen LogP contribution in [0.25, 0.3) is 0 Å². The van der Waals surface area contributed by atoms with Crippen molar-refractivity contribution in [3.63, 3.8) is 0 Å². The van der Waals surface area contributed by atoms with Gasteiger partial charge in [-0.1, -0.05) is 0 Å². The molecule has 1 aromatic rings. The molecule has 0 atom stereocenters. The largest absolute Gasteiger partial charge is 0.490 e. The predicted octanol–water partition coefficient (Wildman–Crippen LogP) is 3.09. The summed E-state index contributed by atoms with van der Waals surface area (Å²) in [5.41, 5.74) is 0.618. The van der Waals surface area contributed by atoms with Crippen LogP contribution < -0.4 is 9.47 Å². The number of hydrogen-bond acceptors (Lipinski definition) is 3. The number of ether oxygens (including phenoxy) is 2. The van der Waals surface area contributed by atoms with Gasteiger partial charge in [0.05, 0.1) is 18.8 Å². The van der Waals surface area contributed by atoms with Crippen LogP contribution in [0.2, 0.25) is 0 Å². The van der Waals surface area contributed by atoms with Crippen molar-refractivity contribution in [2.75, 3.05) is 26.3 Å². The summed E-state index contributed by atoms with van der Waals surface area (Å²) in [6, 6.07) is 3.59. The molecule has 4 nitrogen and oxygen atoms in total. The van der Waals surface area contributed by atoms with Crippen LogP contribution in [0.3, 0.4) is 0 Å². The lowest BCUT2D eigenvalue weighted by Crippen LogP contribution is -2.30. The van der Waals surface area contributed by atoms with Crippen molar-refractivity contribution in [1.82, 2.24) is 4.90 Å². The van der Waals surface area contributed by atoms with Gasteiger partial charge in [-0.3, -0.25) is 4.79 Å². The van der Waals surface area contributed by atoms with Gasteiger partial charge in [-0.25, -0.2) is 0 Å². The molecule has 0 saturated carbocycles. The van der Waals surface area contributed by atoms with E-state index in [0.717, 1.165) is 10.9 Å². The number of hydrogen-bond donors (Lipinski definition) is 0. The van der Waals surface area contributed by atoms with Gasteiger partial charge in [0.25, 0.3) is 5.91 Å². The number of benzene rings is 1. The Kier molecular flexibility index (Phi) is 4.69. The van der Waals surface area contributed by atoms with Crippen molar-refractivity contribution in [3.05, 3.63) is 22.2 Å². The second-order valence-electron chi connectivity index (χ2n) is 4.31. The third kappa shape index (κ3) is 3.03. The molecule has 1 aliphatic rings. The standard InChI is InChI=1S/C14H18BrNO3/c1-3-16(4-2)14(17)10-8-12-13(9-11(10)15)19-7-5-6-18-12/h8-9H,3-7H2,1-2H3. The molecule has 0 aliphatic carbocycles. The Morgan fingerprint density at radius 1 is 1.21 bits per heavy atom. The fourth-order valence-corrected chi connectivity index (χ4v) is 2.52. The summed E-state index contributed by atoms with van der Waals surface area (Å²) in [4.78, 5) is 14.2. The summed E-state index contributed by atoms with van der Waals surface area (Å²) in [6.45, 7) is 6.58. The molecular formula is C14H18BrNO3. The first-order valence-electron chi connectivity index (χ1n) is 6.55. The van der Waals surface area contributed by atoms with Gasteiger partial charge in [0.15, 0.2) is 11.5 Å². The van der Waals surface area contributed by atoms with Crippen LogP contribution in [-0.2, 0) is 0 Å². The Hall–Kier alpha value is -1.23. The Morgan fingerprint density at radius 3 is 2.37 bits per heavy atom. The van der Waals surface area contributed by atoms with Crippen molar-refractivity contribution in [2.45, 2.75) is 20.3 Å². The smallest absolute Gasteiger partial charge is 0.255 e. The molecule has 1 aromatic carbocycles. The molecule has 0 bridgehead atoms. The van der Waals surface area contributed by atoms with Gasteiger partial charge < -0.3 is 14.4 Å². The Labute approximate surface area is 121 Å². The van der Waals surface area contributed by atoms with Crippen LogP contribution >= 0.6 is 15.9 Å².